The lowest BCUT2D eigenvalue weighted by Gasteiger charge is -2.36. The molecule has 0 saturated heterocycles. The first kappa shape index (κ1) is 17.3. The normalized spacial score (nSPS) is 23.8. The predicted octanol–water partition coefficient (Wildman–Crippen LogP) is 3.30. The van der Waals surface area contributed by atoms with E-state index in [1.165, 1.54) is 0 Å². The van der Waals surface area contributed by atoms with Crippen molar-refractivity contribution in [2.75, 3.05) is 0 Å². The summed E-state index contributed by atoms with van der Waals surface area (Å²) in [6.07, 6.45) is 5.64. The second kappa shape index (κ2) is 6.07. The Morgan fingerprint density at radius 1 is 1.52 bits per heavy atom. The fourth-order valence-electron chi connectivity index (χ4n) is 3.55. The van der Waals surface area contributed by atoms with E-state index in [1.807, 2.05) is 24.7 Å². The minimum atomic E-state index is -0.491. The molecule has 0 spiro atoms. The van der Waals surface area contributed by atoms with Gasteiger partial charge in [0.1, 0.15) is 17.4 Å². The lowest BCUT2D eigenvalue weighted by molar-refractivity contribution is -0.119. The standard InChI is InChI=1S/C19H24N4O2/c1-5-11(2)23-10-12(9-22-23)16-13(8-20)18(21)25-15-7-19(3,4)6-14(24)17(15)16/h9-11,16H,5-7,21H2,1-4H3/t11-,16-/m1/s1. The van der Waals surface area contributed by atoms with E-state index >= 15 is 0 Å². The number of carbonyl (C=O) groups is 1. The summed E-state index contributed by atoms with van der Waals surface area (Å²) in [4.78, 5) is 12.9. The van der Waals surface area contributed by atoms with Crippen molar-refractivity contribution < 1.29 is 9.53 Å². The number of nitrogens with two attached hydrogens (primary N) is 1. The molecule has 0 fully saturated rings. The van der Waals surface area contributed by atoms with Crippen molar-refractivity contribution in [3.05, 3.63) is 40.7 Å². The van der Waals surface area contributed by atoms with Crippen LogP contribution in [-0.2, 0) is 9.53 Å². The van der Waals surface area contributed by atoms with E-state index in [4.69, 9.17) is 10.5 Å². The first-order valence-electron chi connectivity index (χ1n) is 8.65. The topological polar surface area (TPSA) is 93.9 Å². The highest BCUT2D eigenvalue weighted by Crippen LogP contribution is 2.47. The van der Waals surface area contributed by atoms with Crippen molar-refractivity contribution in [1.82, 2.24) is 9.78 Å². The van der Waals surface area contributed by atoms with Crippen LogP contribution in [0, 0.1) is 16.7 Å². The molecule has 2 N–H and O–H groups in total. The van der Waals surface area contributed by atoms with Crippen LogP contribution in [0.4, 0.5) is 0 Å². The minimum Gasteiger partial charge on any atom is -0.444 e. The van der Waals surface area contributed by atoms with Gasteiger partial charge in [-0.3, -0.25) is 9.48 Å². The highest BCUT2D eigenvalue weighted by molar-refractivity contribution is 6.00. The van der Waals surface area contributed by atoms with Gasteiger partial charge in [0.2, 0.25) is 5.88 Å². The van der Waals surface area contributed by atoms with Crippen molar-refractivity contribution in [1.29, 1.82) is 5.26 Å². The number of rotatable bonds is 3. The Morgan fingerprint density at radius 3 is 2.88 bits per heavy atom. The summed E-state index contributed by atoms with van der Waals surface area (Å²) in [6, 6.07) is 2.38. The van der Waals surface area contributed by atoms with Crippen molar-refractivity contribution >= 4 is 5.78 Å². The van der Waals surface area contributed by atoms with Gasteiger partial charge in [-0.25, -0.2) is 0 Å². The molecule has 0 saturated carbocycles. The third-order valence-corrected chi connectivity index (χ3v) is 5.07. The first-order valence-corrected chi connectivity index (χ1v) is 8.65. The number of nitrogens with zero attached hydrogens (tertiary/aromatic N) is 3. The van der Waals surface area contributed by atoms with Gasteiger partial charge in [-0.05, 0) is 18.8 Å². The van der Waals surface area contributed by atoms with Gasteiger partial charge in [0.25, 0.3) is 0 Å². The summed E-state index contributed by atoms with van der Waals surface area (Å²) in [5.41, 5.74) is 7.50. The average Bonchev–Trinajstić information content (AvgIpc) is 3.01. The van der Waals surface area contributed by atoms with Crippen LogP contribution >= 0.6 is 0 Å². The van der Waals surface area contributed by atoms with Gasteiger partial charge in [0.15, 0.2) is 5.78 Å². The molecule has 1 aromatic rings. The van der Waals surface area contributed by atoms with E-state index in [0.717, 1.165) is 12.0 Å². The molecule has 2 aliphatic rings. The molecule has 1 aliphatic carbocycles. The van der Waals surface area contributed by atoms with Crippen LogP contribution in [0.2, 0.25) is 0 Å². The van der Waals surface area contributed by atoms with Gasteiger partial charge in [0, 0.05) is 36.2 Å². The Hall–Kier alpha value is -2.55. The molecule has 0 amide bonds. The van der Waals surface area contributed by atoms with Crippen LogP contribution in [0.5, 0.6) is 0 Å². The van der Waals surface area contributed by atoms with Crippen molar-refractivity contribution in [2.45, 2.75) is 58.9 Å². The lowest BCUT2D eigenvalue weighted by atomic mass is 9.70. The lowest BCUT2D eigenvalue weighted by Crippen LogP contribution is -2.33. The quantitative estimate of drug-likeness (QED) is 0.911. The van der Waals surface area contributed by atoms with Crippen molar-refractivity contribution in [2.24, 2.45) is 11.1 Å². The second-order valence-corrected chi connectivity index (χ2v) is 7.71. The second-order valence-electron chi connectivity index (χ2n) is 7.71. The SMILES string of the molecule is CC[C@@H](C)n1cc([C@@H]2C(C#N)=C(N)OC3=C2C(=O)CC(C)(C)C3)cn1. The van der Waals surface area contributed by atoms with Crippen molar-refractivity contribution in [3.63, 3.8) is 0 Å². The smallest absolute Gasteiger partial charge is 0.205 e. The van der Waals surface area contributed by atoms with Crippen LogP contribution in [0.15, 0.2) is 35.2 Å². The predicted molar refractivity (Wildman–Crippen MR) is 92.9 cm³/mol. The van der Waals surface area contributed by atoms with Gasteiger partial charge >= 0.3 is 0 Å². The van der Waals surface area contributed by atoms with Gasteiger partial charge in [-0.15, -0.1) is 0 Å². The zero-order chi connectivity index (χ0) is 18.4. The molecule has 6 heteroatoms. The summed E-state index contributed by atoms with van der Waals surface area (Å²) < 4.78 is 7.56. The fraction of sp³-hybridized carbons (Fsp3) is 0.526. The summed E-state index contributed by atoms with van der Waals surface area (Å²) in [6.45, 7) is 8.24. The number of aromatic nitrogens is 2. The maximum atomic E-state index is 12.9. The van der Waals surface area contributed by atoms with Crippen LogP contribution in [0.3, 0.4) is 0 Å². The molecule has 2 atom stereocenters. The Balaban J connectivity index is 2.11. The third kappa shape index (κ3) is 2.95. The zero-order valence-electron chi connectivity index (χ0n) is 15.2. The van der Waals surface area contributed by atoms with E-state index in [9.17, 15) is 10.1 Å². The van der Waals surface area contributed by atoms with Crippen molar-refractivity contribution in [3.8, 4) is 6.07 Å². The molecule has 1 aromatic heterocycles. The Kier molecular flexibility index (Phi) is 4.19. The largest absolute Gasteiger partial charge is 0.444 e. The Bertz CT molecular complexity index is 823. The molecule has 3 rings (SSSR count). The number of ether oxygens (including phenoxy) is 1. The zero-order valence-corrected chi connectivity index (χ0v) is 15.2. The molecule has 132 valence electrons. The number of Topliss-reactive ketones (excluding diaryl/α,β-unsaturated/α-hetero) is 1. The van der Waals surface area contributed by atoms with E-state index in [2.05, 4.69) is 25.0 Å². The van der Waals surface area contributed by atoms with Crippen LogP contribution in [0.25, 0.3) is 0 Å². The van der Waals surface area contributed by atoms with Gasteiger partial charge in [0.05, 0.1) is 12.1 Å². The summed E-state index contributed by atoms with van der Waals surface area (Å²) in [5, 5.41) is 14.0. The van der Waals surface area contributed by atoms with E-state index in [-0.39, 0.29) is 28.7 Å². The van der Waals surface area contributed by atoms with E-state index < -0.39 is 5.92 Å². The fourth-order valence-corrected chi connectivity index (χ4v) is 3.55. The molecule has 0 unspecified atom stereocenters. The molecular formula is C19H24N4O2. The maximum absolute atomic E-state index is 12.9. The maximum Gasteiger partial charge on any atom is 0.205 e. The Labute approximate surface area is 147 Å². The molecule has 0 bridgehead atoms. The molecule has 25 heavy (non-hydrogen) atoms. The van der Waals surface area contributed by atoms with Gasteiger partial charge in [-0.1, -0.05) is 20.8 Å². The minimum absolute atomic E-state index is 0.0211. The number of allylic oxidation sites excluding steroid dienone is 3. The van der Waals surface area contributed by atoms with Gasteiger partial charge < -0.3 is 10.5 Å². The highest BCUT2D eigenvalue weighted by atomic mass is 16.5. The average molecular weight is 340 g/mol. The van der Waals surface area contributed by atoms with Gasteiger partial charge in [-0.2, -0.15) is 10.4 Å². The summed E-state index contributed by atoms with van der Waals surface area (Å²) in [7, 11) is 0. The molecule has 0 radical (unpaired) electrons. The molecule has 6 nitrogen and oxygen atoms in total. The van der Waals surface area contributed by atoms with E-state index in [0.29, 0.717) is 24.2 Å². The van der Waals surface area contributed by atoms with Crippen LogP contribution in [0.1, 0.15) is 64.5 Å². The van der Waals surface area contributed by atoms with Crippen LogP contribution in [-0.4, -0.2) is 15.6 Å². The molecule has 2 heterocycles. The highest BCUT2D eigenvalue weighted by Gasteiger charge is 2.43. The Morgan fingerprint density at radius 2 is 2.24 bits per heavy atom. The molecular weight excluding hydrogens is 316 g/mol. The number of ketones is 1. The first-order chi connectivity index (χ1) is 11.8. The molecule has 0 aromatic carbocycles. The number of hydrogen-bond acceptors (Lipinski definition) is 5. The molecule has 1 aliphatic heterocycles. The van der Waals surface area contributed by atoms with Crippen LogP contribution < -0.4 is 5.73 Å². The number of hydrogen-bond donors (Lipinski definition) is 1. The third-order valence-electron chi connectivity index (χ3n) is 5.07. The summed E-state index contributed by atoms with van der Waals surface area (Å²) >= 11 is 0. The summed E-state index contributed by atoms with van der Waals surface area (Å²) in [5.74, 6) is 0.218. The number of carbonyl (C=O) groups excluding carboxylic acids is 1. The number of nitriles is 1. The monoisotopic (exact) mass is 340 g/mol. The van der Waals surface area contributed by atoms with E-state index in [1.54, 1.807) is 6.20 Å².